The highest BCUT2D eigenvalue weighted by Gasteiger charge is 2.15. The van der Waals surface area contributed by atoms with Gasteiger partial charge in [0, 0.05) is 18.4 Å². The van der Waals surface area contributed by atoms with Crippen LogP contribution in [-0.4, -0.2) is 18.9 Å². The molecule has 1 aromatic carbocycles. The second-order valence-electron chi connectivity index (χ2n) is 4.14. The lowest BCUT2D eigenvalue weighted by Gasteiger charge is -2.09. The van der Waals surface area contributed by atoms with Crippen LogP contribution in [0, 0.1) is 5.92 Å². The molecule has 3 nitrogen and oxygen atoms in total. The highest BCUT2D eigenvalue weighted by molar-refractivity contribution is 6.42. The van der Waals surface area contributed by atoms with Gasteiger partial charge in [-0.25, -0.2) is 0 Å². The van der Waals surface area contributed by atoms with E-state index in [1.165, 1.54) is 13.2 Å². The van der Waals surface area contributed by atoms with Crippen LogP contribution >= 0.6 is 23.2 Å². The summed E-state index contributed by atoms with van der Waals surface area (Å²) in [6, 6.07) is 4.75. The molecule has 1 aromatic rings. The van der Waals surface area contributed by atoms with Gasteiger partial charge in [0.05, 0.1) is 17.2 Å². The molecule has 0 aliphatic rings. The normalized spacial score (nSPS) is 12.0. The number of ketones is 1. The first kappa shape index (κ1) is 15.0. The minimum absolute atomic E-state index is 0.0648. The van der Waals surface area contributed by atoms with Crippen molar-refractivity contribution >= 4 is 35.0 Å². The SMILES string of the molecule is COC(=O)CC(C)CC(=O)c1ccc(Cl)c(Cl)c1. The number of halogens is 2. The lowest BCUT2D eigenvalue weighted by Crippen LogP contribution is -2.11. The van der Waals surface area contributed by atoms with Crippen LogP contribution in [0.5, 0.6) is 0 Å². The molecule has 0 amide bonds. The topological polar surface area (TPSA) is 43.4 Å². The van der Waals surface area contributed by atoms with Gasteiger partial charge in [-0.05, 0) is 24.1 Å². The molecular formula is C13H14Cl2O3. The number of esters is 1. The zero-order valence-corrected chi connectivity index (χ0v) is 11.7. The predicted molar refractivity (Wildman–Crippen MR) is 71.2 cm³/mol. The summed E-state index contributed by atoms with van der Waals surface area (Å²) in [6.07, 6.45) is 0.497. The number of hydrogen-bond donors (Lipinski definition) is 0. The number of Topliss-reactive ketones (excluding diaryl/α,β-unsaturated/α-hetero) is 1. The minimum Gasteiger partial charge on any atom is -0.469 e. The predicted octanol–water partition coefficient (Wildman–Crippen LogP) is 3.77. The zero-order chi connectivity index (χ0) is 13.7. The molecule has 18 heavy (non-hydrogen) atoms. The maximum Gasteiger partial charge on any atom is 0.305 e. The summed E-state index contributed by atoms with van der Waals surface area (Å²) >= 11 is 11.6. The van der Waals surface area contributed by atoms with Crippen LogP contribution in [0.3, 0.4) is 0 Å². The third-order valence-corrected chi connectivity index (χ3v) is 3.26. The third-order valence-electron chi connectivity index (χ3n) is 2.52. The number of methoxy groups -OCH3 is 1. The largest absolute Gasteiger partial charge is 0.469 e. The molecule has 0 aliphatic heterocycles. The highest BCUT2D eigenvalue weighted by Crippen LogP contribution is 2.24. The Balaban J connectivity index is 2.64. The Kier molecular flexibility index (Phi) is 5.63. The van der Waals surface area contributed by atoms with E-state index in [0.717, 1.165) is 0 Å². The van der Waals surface area contributed by atoms with Crippen molar-refractivity contribution in [2.24, 2.45) is 5.92 Å². The first-order valence-corrected chi connectivity index (χ1v) is 6.24. The molecule has 0 aromatic heterocycles. The molecule has 0 fully saturated rings. The van der Waals surface area contributed by atoms with Crippen molar-refractivity contribution in [1.82, 2.24) is 0 Å². The Morgan fingerprint density at radius 1 is 1.22 bits per heavy atom. The van der Waals surface area contributed by atoms with Crippen LogP contribution in [0.15, 0.2) is 18.2 Å². The van der Waals surface area contributed by atoms with Gasteiger partial charge in [-0.2, -0.15) is 0 Å². The number of carbonyl (C=O) groups excluding carboxylic acids is 2. The maximum absolute atomic E-state index is 11.9. The quantitative estimate of drug-likeness (QED) is 0.612. The number of ether oxygens (including phenoxy) is 1. The molecule has 0 heterocycles. The number of carbonyl (C=O) groups is 2. The summed E-state index contributed by atoms with van der Waals surface area (Å²) in [5.74, 6) is -0.450. The molecule has 0 bridgehead atoms. The second-order valence-corrected chi connectivity index (χ2v) is 4.96. The summed E-state index contributed by atoms with van der Waals surface area (Å²) in [7, 11) is 1.33. The van der Waals surface area contributed by atoms with Crippen LogP contribution in [0.25, 0.3) is 0 Å². The van der Waals surface area contributed by atoms with Crippen LogP contribution in [0.2, 0.25) is 10.0 Å². The zero-order valence-electron chi connectivity index (χ0n) is 10.2. The maximum atomic E-state index is 11.9. The van der Waals surface area contributed by atoms with Crippen LogP contribution in [-0.2, 0) is 9.53 Å². The molecule has 0 saturated carbocycles. The summed E-state index contributed by atoms with van der Waals surface area (Å²) in [5.41, 5.74) is 0.501. The fourth-order valence-corrected chi connectivity index (χ4v) is 1.84. The van der Waals surface area contributed by atoms with Crippen LogP contribution in [0.1, 0.15) is 30.1 Å². The van der Waals surface area contributed by atoms with E-state index in [0.29, 0.717) is 15.6 Å². The smallest absolute Gasteiger partial charge is 0.305 e. The van der Waals surface area contributed by atoms with Crippen molar-refractivity contribution in [2.45, 2.75) is 19.8 Å². The fraction of sp³-hybridized carbons (Fsp3) is 0.385. The van der Waals surface area contributed by atoms with Gasteiger partial charge >= 0.3 is 5.97 Å². The Morgan fingerprint density at radius 3 is 2.44 bits per heavy atom. The Bertz CT molecular complexity index is 458. The van der Waals surface area contributed by atoms with E-state index in [1.54, 1.807) is 12.1 Å². The molecular weight excluding hydrogens is 275 g/mol. The summed E-state index contributed by atoms with van der Waals surface area (Å²) in [4.78, 5) is 23.0. The standard InChI is InChI=1S/C13H14Cl2O3/c1-8(6-13(17)18-2)5-12(16)9-3-4-10(14)11(15)7-9/h3-4,7-8H,5-6H2,1-2H3. The first-order chi connectivity index (χ1) is 8.43. The Morgan fingerprint density at radius 2 is 1.89 bits per heavy atom. The van der Waals surface area contributed by atoms with Gasteiger partial charge in [-0.1, -0.05) is 30.1 Å². The van der Waals surface area contributed by atoms with E-state index in [9.17, 15) is 9.59 Å². The molecule has 0 saturated heterocycles. The summed E-state index contributed by atoms with van der Waals surface area (Å²) in [6.45, 7) is 1.83. The Hall–Kier alpha value is -1.06. The van der Waals surface area contributed by atoms with Gasteiger partial charge < -0.3 is 4.74 Å². The molecule has 98 valence electrons. The lowest BCUT2D eigenvalue weighted by atomic mass is 9.97. The van der Waals surface area contributed by atoms with Crippen molar-refractivity contribution in [1.29, 1.82) is 0 Å². The van der Waals surface area contributed by atoms with Crippen LogP contribution in [0.4, 0.5) is 0 Å². The van der Waals surface area contributed by atoms with Gasteiger partial charge in [-0.15, -0.1) is 0 Å². The summed E-state index contributed by atoms with van der Waals surface area (Å²) < 4.78 is 4.55. The number of hydrogen-bond acceptors (Lipinski definition) is 3. The van der Waals surface area contributed by atoms with Gasteiger partial charge in [0.25, 0.3) is 0 Å². The van der Waals surface area contributed by atoms with Crippen molar-refractivity contribution in [3.63, 3.8) is 0 Å². The van der Waals surface area contributed by atoms with E-state index in [4.69, 9.17) is 23.2 Å². The molecule has 5 heteroatoms. The highest BCUT2D eigenvalue weighted by atomic mass is 35.5. The average Bonchev–Trinajstić information content (AvgIpc) is 2.32. The van der Waals surface area contributed by atoms with E-state index in [1.807, 2.05) is 6.92 Å². The number of benzene rings is 1. The molecule has 1 unspecified atom stereocenters. The first-order valence-electron chi connectivity index (χ1n) is 5.49. The van der Waals surface area contributed by atoms with Crippen molar-refractivity contribution in [3.05, 3.63) is 33.8 Å². The third kappa shape index (κ3) is 4.31. The molecule has 1 rings (SSSR count). The second kappa shape index (κ2) is 6.76. The fourth-order valence-electron chi connectivity index (χ4n) is 1.54. The minimum atomic E-state index is -0.315. The van der Waals surface area contributed by atoms with E-state index >= 15 is 0 Å². The lowest BCUT2D eigenvalue weighted by molar-refractivity contribution is -0.141. The van der Waals surface area contributed by atoms with E-state index in [-0.39, 0.29) is 30.5 Å². The molecule has 0 radical (unpaired) electrons. The van der Waals surface area contributed by atoms with Gasteiger partial charge in [-0.3, -0.25) is 9.59 Å². The Labute approximate surface area is 116 Å². The van der Waals surface area contributed by atoms with Gasteiger partial charge in [0.1, 0.15) is 0 Å². The van der Waals surface area contributed by atoms with Crippen LogP contribution < -0.4 is 0 Å². The van der Waals surface area contributed by atoms with Gasteiger partial charge in [0.2, 0.25) is 0 Å². The monoisotopic (exact) mass is 288 g/mol. The average molecular weight is 289 g/mol. The molecule has 0 spiro atoms. The molecule has 1 atom stereocenters. The van der Waals surface area contributed by atoms with Crippen molar-refractivity contribution in [3.8, 4) is 0 Å². The van der Waals surface area contributed by atoms with Crippen molar-refractivity contribution < 1.29 is 14.3 Å². The number of rotatable bonds is 5. The van der Waals surface area contributed by atoms with Gasteiger partial charge in [0.15, 0.2) is 5.78 Å². The molecule has 0 aliphatic carbocycles. The van der Waals surface area contributed by atoms with Crippen molar-refractivity contribution in [2.75, 3.05) is 7.11 Å². The van der Waals surface area contributed by atoms with E-state index < -0.39 is 0 Å². The molecule has 0 N–H and O–H groups in total. The summed E-state index contributed by atoms with van der Waals surface area (Å²) in [5, 5.41) is 0.763. The van der Waals surface area contributed by atoms with E-state index in [2.05, 4.69) is 4.74 Å².